The molecule has 0 saturated heterocycles. The van der Waals surface area contributed by atoms with E-state index in [-0.39, 0.29) is 17.3 Å². The van der Waals surface area contributed by atoms with Gasteiger partial charge in [-0.15, -0.1) is 11.3 Å². The number of hydrazine groups is 1. The Kier molecular flexibility index (Phi) is 5.52. The molecule has 30 heavy (non-hydrogen) atoms. The number of fused-ring (bicyclic) bond motifs is 1. The highest BCUT2D eigenvalue weighted by atomic mass is 32.1. The maximum Gasteiger partial charge on any atom is 0.422 e. The number of hydrogen-bond acceptors (Lipinski definition) is 6. The minimum atomic E-state index is -0.579. The van der Waals surface area contributed by atoms with Crippen LogP contribution in [0.3, 0.4) is 0 Å². The number of hydrogen-bond donors (Lipinski definition) is 2. The van der Waals surface area contributed by atoms with E-state index in [4.69, 9.17) is 4.74 Å². The van der Waals surface area contributed by atoms with Crippen LogP contribution in [-0.4, -0.2) is 20.8 Å². The number of carbonyl (C=O) groups excluding carboxylic acids is 1. The van der Waals surface area contributed by atoms with Gasteiger partial charge in [0.05, 0.1) is 5.39 Å². The van der Waals surface area contributed by atoms with Gasteiger partial charge in [-0.1, -0.05) is 6.42 Å². The number of rotatable bonds is 6. The van der Waals surface area contributed by atoms with Gasteiger partial charge in [-0.05, 0) is 64.9 Å². The molecule has 0 radical (unpaired) electrons. The predicted molar refractivity (Wildman–Crippen MR) is 117 cm³/mol. The maximum absolute atomic E-state index is 13.2. The summed E-state index contributed by atoms with van der Waals surface area (Å²) in [6.07, 6.45) is 4.70. The van der Waals surface area contributed by atoms with Crippen LogP contribution in [0, 0.1) is 12.8 Å². The van der Waals surface area contributed by atoms with Crippen LogP contribution in [0.5, 0.6) is 0 Å². The number of aromatic nitrogens is 2. The van der Waals surface area contributed by atoms with Gasteiger partial charge in [0, 0.05) is 24.0 Å². The highest BCUT2D eigenvalue weighted by Crippen LogP contribution is 2.35. The van der Waals surface area contributed by atoms with E-state index in [2.05, 4.69) is 10.9 Å². The second kappa shape index (κ2) is 7.85. The Balaban J connectivity index is 1.64. The maximum atomic E-state index is 13.2. The molecular weight excluding hydrogens is 404 g/mol. The third kappa shape index (κ3) is 4.18. The molecule has 0 spiro atoms. The molecule has 2 N–H and O–H groups in total. The second-order valence-corrected chi connectivity index (χ2v) is 10.5. The van der Waals surface area contributed by atoms with E-state index in [0.29, 0.717) is 24.4 Å². The van der Waals surface area contributed by atoms with Gasteiger partial charge in [-0.3, -0.25) is 19.4 Å². The number of ether oxygens (including phenoxy) is 1. The fraction of sp³-hybridized carbons (Fsp3) is 0.667. The Labute approximate surface area is 179 Å². The molecule has 2 aliphatic carbocycles. The summed E-state index contributed by atoms with van der Waals surface area (Å²) in [5, 5.41) is 0.639. The summed E-state index contributed by atoms with van der Waals surface area (Å²) in [4.78, 5) is 39.9. The first-order chi connectivity index (χ1) is 14.2. The summed E-state index contributed by atoms with van der Waals surface area (Å²) in [5.41, 5.74) is 5.36. The topological polar surface area (TPSA) is 94.4 Å². The van der Waals surface area contributed by atoms with E-state index in [0.717, 1.165) is 41.0 Å². The molecule has 0 bridgehead atoms. The lowest BCUT2D eigenvalue weighted by Gasteiger charge is -2.26. The summed E-state index contributed by atoms with van der Waals surface area (Å²) in [6.45, 7) is 8.34. The van der Waals surface area contributed by atoms with Crippen molar-refractivity contribution < 1.29 is 9.53 Å². The number of carbonyl (C=O) groups is 1. The number of aryl methyl sites for hydroxylation is 1. The highest BCUT2D eigenvalue weighted by Gasteiger charge is 2.31. The van der Waals surface area contributed by atoms with Crippen molar-refractivity contribution in [2.45, 2.75) is 84.5 Å². The van der Waals surface area contributed by atoms with Crippen molar-refractivity contribution in [1.82, 2.24) is 20.0 Å². The van der Waals surface area contributed by atoms with Crippen LogP contribution >= 0.6 is 11.3 Å². The SMILES string of the molecule is Cc1c(CNNC(=O)OC(C)(C)C)sc2c1c(=O)n(C1CC1)c(=O)n2CC1CCC1. The van der Waals surface area contributed by atoms with Crippen molar-refractivity contribution >= 4 is 27.6 Å². The van der Waals surface area contributed by atoms with Gasteiger partial charge in [0.2, 0.25) is 0 Å². The van der Waals surface area contributed by atoms with Crippen LogP contribution in [0.2, 0.25) is 0 Å². The number of amides is 1. The molecule has 164 valence electrons. The summed E-state index contributed by atoms with van der Waals surface area (Å²) in [5.74, 6) is 0.508. The molecule has 0 unspecified atom stereocenters. The standard InChI is InChI=1S/C21H30N4O4S/c1-12-15(10-22-23-19(27)29-21(2,3)4)30-18-16(12)17(26)25(14-8-9-14)20(28)24(18)11-13-6-5-7-13/h13-14,22H,5-11H2,1-4H3,(H,23,27). The fourth-order valence-electron chi connectivity index (χ4n) is 3.83. The predicted octanol–water partition coefficient (Wildman–Crippen LogP) is 3.20. The second-order valence-electron chi connectivity index (χ2n) is 9.41. The van der Waals surface area contributed by atoms with Crippen LogP contribution in [0.25, 0.3) is 10.2 Å². The first-order valence-electron chi connectivity index (χ1n) is 10.6. The zero-order chi connectivity index (χ0) is 21.6. The lowest BCUT2D eigenvalue weighted by Crippen LogP contribution is -2.41. The average Bonchev–Trinajstić information content (AvgIpc) is 3.36. The van der Waals surface area contributed by atoms with Gasteiger partial charge in [0.15, 0.2) is 0 Å². The van der Waals surface area contributed by atoms with Crippen molar-refractivity contribution in [3.8, 4) is 0 Å². The smallest absolute Gasteiger partial charge is 0.422 e. The molecule has 2 saturated carbocycles. The van der Waals surface area contributed by atoms with Crippen molar-refractivity contribution in [2.75, 3.05) is 0 Å². The Hall–Kier alpha value is -2.13. The Morgan fingerprint density at radius 2 is 1.90 bits per heavy atom. The molecule has 0 aliphatic heterocycles. The minimum Gasteiger partial charge on any atom is -0.443 e. The first-order valence-corrected chi connectivity index (χ1v) is 11.5. The number of thiophene rings is 1. The molecule has 2 heterocycles. The van der Waals surface area contributed by atoms with E-state index in [1.54, 1.807) is 20.8 Å². The van der Waals surface area contributed by atoms with Gasteiger partial charge in [0.1, 0.15) is 10.4 Å². The normalized spacial score (nSPS) is 17.2. The monoisotopic (exact) mass is 434 g/mol. The van der Waals surface area contributed by atoms with E-state index in [1.807, 2.05) is 11.5 Å². The van der Waals surface area contributed by atoms with Crippen molar-refractivity contribution in [1.29, 1.82) is 0 Å². The summed E-state index contributed by atoms with van der Waals surface area (Å²) in [6, 6.07) is 0.0387. The summed E-state index contributed by atoms with van der Waals surface area (Å²) in [7, 11) is 0. The van der Waals surface area contributed by atoms with Gasteiger partial charge < -0.3 is 4.74 Å². The quantitative estimate of drug-likeness (QED) is 0.681. The summed E-state index contributed by atoms with van der Waals surface area (Å²) >= 11 is 1.46. The fourth-order valence-corrected chi connectivity index (χ4v) is 5.07. The van der Waals surface area contributed by atoms with Gasteiger partial charge in [-0.25, -0.2) is 15.0 Å². The van der Waals surface area contributed by atoms with Crippen molar-refractivity contribution in [3.63, 3.8) is 0 Å². The Morgan fingerprint density at radius 1 is 1.20 bits per heavy atom. The van der Waals surface area contributed by atoms with Crippen LogP contribution in [-0.2, 0) is 17.8 Å². The first kappa shape index (κ1) is 21.1. The largest absolute Gasteiger partial charge is 0.443 e. The Bertz CT molecular complexity index is 1080. The Morgan fingerprint density at radius 3 is 2.47 bits per heavy atom. The van der Waals surface area contributed by atoms with Crippen LogP contribution < -0.4 is 22.1 Å². The lowest BCUT2D eigenvalue weighted by atomic mass is 9.85. The van der Waals surface area contributed by atoms with E-state index in [1.165, 1.54) is 22.3 Å². The molecule has 4 rings (SSSR count). The zero-order valence-electron chi connectivity index (χ0n) is 18.0. The molecule has 2 aromatic rings. The molecule has 2 aliphatic rings. The molecule has 2 fully saturated rings. The average molecular weight is 435 g/mol. The molecular formula is C21H30N4O4S. The minimum absolute atomic E-state index is 0.0387. The van der Waals surface area contributed by atoms with E-state index >= 15 is 0 Å². The zero-order valence-corrected chi connectivity index (χ0v) is 18.9. The number of nitrogens with one attached hydrogen (secondary N) is 2. The molecule has 9 heteroatoms. The van der Waals surface area contributed by atoms with Crippen LogP contribution in [0.15, 0.2) is 9.59 Å². The molecule has 0 aromatic carbocycles. The van der Waals surface area contributed by atoms with Gasteiger partial charge in [0.25, 0.3) is 5.56 Å². The van der Waals surface area contributed by atoms with Crippen molar-refractivity contribution in [2.24, 2.45) is 5.92 Å². The van der Waals surface area contributed by atoms with Crippen LogP contribution in [0.1, 0.15) is 69.4 Å². The third-order valence-electron chi connectivity index (χ3n) is 5.76. The highest BCUT2D eigenvalue weighted by molar-refractivity contribution is 7.18. The molecule has 1 amide bonds. The van der Waals surface area contributed by atoms with Gasteiger partial charge >= 0.3 is 11.8 Å². The van der Waals surface area contributed by atoms with E-state index < -0.39 is 11.7 Å². The van der Waals surface area contributed by atoms with Gasteiger partial charge in [-0.2, -0.15) is 0 Å². The molecule has 2 aromatic heterocycles. The lowest BCUT2D eigenvalue weighted by molar-refractivity contribution is 0.0497. The van der Waals surface area contributed by atoms with Crippen LogP contribution in [0.4, 0.5) is 4.79 Å². The van der Waals surface area contributed by atoms with Crippen molar-refractivity contribution in [3.05, 3.63) is 31.3 Å². The third-order valence-corrected chi connectivity index (χ3v) is 7.07. The molecule has 0 atom stereocenters. The molecule has 8 nitrogen and oxygen atoms in total. The number of nitrogens with zero attached hydrogens (tertiary/aromatic N) is 2. The van der Waals surface area contributed by atoms with E-state index in [9.17, 15) is 14.4 Å². The summed E-state index contributed by atoms with van der Waals surface area (Å²) < 4.78 is 8.51.